The van der Waals surface area contributed by atoms with Gasteiger partial charge in [0.05, 0.1) is 25.8 Å². The average molecular weight is 491 g/mol. The van der Waals surface area contributed by atoms with Gasteiger partial charge in [0.15, 0.2) is 11.3 Å². The van der Waals surface area contributed by atoms with Crippen molar-refractivity contribution in [2.75, 3.05) is 5.32 Å². The van der Waals surface area contributed by atoms with Crippen LogP contribution in [0.4, 0.5) is 11.4 Å². The SMILES string of the molecule is CCn1cc(Br)c(-c2ccnc3cc(C(=O)Nc4cc([N+](=O)[O-])ccc4Cl)nn23)n1. The van der Waals surface area contributed by atoms with Gasteiger partial charge in [-0.25, -0.2) is 9.50 Å². The van der Waals surface area contributed by atoms with E-state index in [0.29, 0.717) is 23.6 Å². The molecule has 0 fully saturated rings. The lowest BCUT2D eigenvalue weighted by Gasteiger charge is -2.05. The molecule has 30 heavy (non-hydrogen) atoms. The number of carbonyl (C=O) groups excluding carboxylic acids is 1. The van der Waals surface area contributed by atoms with Crippen molar-refractivity contribution >= 4 is 50.5 Å². The Kier molecular flexibility index (Phi) is 5.22. The first-order valence-corrected chi connectivity index (χ1v) is 9.88. The molecule has 0 aliphatic carbocycles. The molecular formula is C18H13BrClN7O3. The van der Waals surface area contributed by atoms with Crippen molar-refractivity contribution in [2.24, 2.45) is 0 Å². The van der Waals surface area contributed by atoms with Crippen LogP contribution >= 0.6 is 27.5 Å². The van der Waals surface area contributed by atoms with Gasteiger partial charge in [-0.3, -0.25) is 19.6 Å². The zero-order chi connectivity index (χ0) is 21.4. The molecule has 0 unspecified atom stereocenters. The van der Waals surface area contributed by atoms with E-state index in [4.69, 9.17) is 11.6 Å². The number of non-ortho nitro benzene ring substituents is 1. The second kappa shape index (κ2) is 7.84. The van der Waals surface area contributed by atoms with E-state index in [9.17, 15) is 14.9 Å². The summed E-state index contributed by atoms with van der Waals surface area (Å²) in [6.07, 6.45) is 3.45. The summed E-state index contributed by atoms with van der Waals surface area (Å²) in [5.41, 5.74) is 1.74. The lowest BCUT2D eigenvalue weighted by atomic mass is 10.2. The molecule has 1 amide bonds. The number of nitro benzene ring substituents is 1. The Morgan fingerprint density at radius 3 is 2.80 bits per heavy atom. The molecule has 0 bridgehead atoms. The summed E-state index contributed by atoms with van der Waals surface area (Å²) in [6.45, 7) is 2.67. The summed E-state index contributed by atoms with van der Waals surface area (Å²) in [5.74, 6) is -0.577. The number of aryl methyl sites for hydroxylation is 1. The highest BCUT2D eigenvalue weighted by molar-refractivity contribution is 9.10. The van der Waals surface area contributed by atoms with Crippen LogP contribution in [0.5, 0.6) is 0 Å². The number of hydrogen-bond donors (Lipinski definition) is 1. The topological polar surface area (TPSA) is 120 Å². The zero-order valence-electron chi connectivity index (χ0n) is 15.4. The number of amides is 1. The van der Waals surface area contributed by atoms with Crippen LogP contribution in [0.25, 0.3) is 17.0 Å². The van der Waals surface area contributed by atoms with E-state index in [1.165, 1.54) is 28.8 Å². The van der Waals surface area contributed by atoms with Crippen LogP contribution in [-0.4, -0.2) is 35.2 Å². The molecule has 0 atom stereocenters. The number of aromatic nitrogens is 5. The van der Waals surface area contributed by atoms with E-state index in [2.05, 4.69) is 36.4 Å². The summed E-state index contributed by atoms with van der Waals surface area (Å²) < 4.78 is 4.06. The molecule has 0 radical (unpaired) electrons. The van der Waals surface area contributed by atoms with Gasteiger partial charge < -0.3 is 5.32 Å². The van der Waals surface area contributed by atoms with Gasteiger partial charge in [0.1, 0.15) is 5.69 Å². The molecule has 152 valence electrons. The molecule has 4 rings (SSSR count). The molecule has 0 saturated carbocycles. The van der Waals surface area contributed by atoms with Gasteiger partial charge in [-0.05, 0) is 35.0 Å². The number of benzene rings is 1. The fourth-order valence-electron chi connectivity index (χ4n) is 2.83. The number of nitrogens with one attached hydrogen (secondary N) is 1. The second-order valence-corrected chi connectivity index (χ2v) is 7.45. The Bertz CT molecular complexity index is 1300. The standard InChI is InChI=1S/C18H13BrClN7O3/c1-2-25-9-11(19)17(24-25)15-5-6-21-16-8-14(23-26(15)16)18(28)22-13-7-10(27(29)30)3-4-12(13)20/h3-9H,2H2,1H3,(H,22,28). The lowest BCUT2D eigenvalue weighted by Crippen LogP contribution is -2.13. The van der Waals surface area contributed by atoms with Gasteiger partial charge in [-0.1, -0.05) is 11.6 Å². The Hall–Kier alpha value is -3.31. The quantitative estimate of drug-likeness (QED) is 0.331. The van der Waals surface area contributed by atoms with Crippen LogP contribution < -0.4 is 5.32 Å². The number of anilines is 1. The monoisotopic (exact) mass is 489 g/mol. The molecule has 1 aromatic carbocycles. The van der Waals surface area contributed by atoms with Crippen LogP contribution in [0, 0.1) is 10.1 Å². The molecule has 12 heteroatoms. The fraction of sp³-hybridized carbons (Fsp3) is 0.111. The van der Waals surface area contributed by atoms with Crippen molar-refractivity contribution in [3.8, 4) is 11.4 Å². The molecule has 3 heterocycles. The lowest BCUT2D eigenvalue weighted by molar-refractivity contribution is -0.384. The van der Waals surface area contributed by atoms with Crippen molar-refractivity contribution < 1.29 is 9.72 Å². The molecule has 0 aliphatic rings. The molecular weight excluding hydrogens is 478 g/mol. The summed E-state index contributed by atoms with van der Waals surface area (Å²) >= 11 is 9.55. The minimum Gasteiger partial charge on any atom is -0.319 e. The number of nitro groups is 1. The maximum Gasteiger partial charge on any atom is 0.276 e. The molecule has 1 N–H and O–H groups in total. The zero-order valence-corrected chi connectivity index (χ0v) is 17.8. The molecule has 0 saturated heterocycles. The smallest absolute Gasteiger partial charge is 0.276 e. The fourth-order valence-corrected chi connectivity index (χ4v) is 3.51. The van der Waals surface area contributed by atoms with Gasteiger partial charge in [0.2, 0.25) is 0 Å². The van der Waals surface area contributed by atoms with E-state index in [1.54, 1.807) is 16.9 Å². The predicted octanol–water partition coefficient (Wildman–Crippen LogP) is 4.19. The third-order valence-electron chi connectivity index (χ3n) is 4.28. The Morgan fingerprint density at radius 1 is 1.30 bits per heavy atom. The van der Waals surface area contributed by atoms with Crippen LogP contribution in [0.3, 0.4) is 0 Å². The van der Waals surface area contributed by atoms with Gasteiger partial charge in [0.25, 0.3) is 11.6 Å². The van der Waals surface area contributed by atoms with Crippen LogP contribution in [0.15, 0.2) is 47.2 Å². The summed E-state index contributed by atoms with van der Waals surface area (Å²) in [7, 11) is 0. The highest BCUT2D eigenvalue weighted by atomic mass is 79.9. The average Bonchev–Trinajstić information content (AvgIpc) is 3.32. The van der Waals surface area contributed by atoms with Crippen molar-refractivity contribution in [1.82, 2.24) is 24.4 Å². The third-order valence-corrected chi connectivity index (χ3v) is 5.19. The van der Waals surface area contributed by atoms with E-state index in [1.807, 2.05) is 13.1 Å². The first-order chi connectivity index (χ1) is 14.4. The molecule has 3 aromatic heterocycles. The van der Waals surface area contributed by atoms with E-state index >= 15 is 0 Å². The maximum absolute atomic E-state index is 12.7. The highest BCUT2D eigenvalue weighted by Gasteiger charge is 2.19. The van der Waals surface area contributed by atoms with Crippen molar-refractivity contribution in [2.45, 2.75) is 13.5 Å². The largest absolute Gasteiger partial charge is 0.319 e. The molecule has 10 nitrogen and oxygen atoms in total. The Labute approximate surface area is 182 Å². The van der Waals surface area contributed by atoms with Crippen LogP contribution in [0.2, 0.25) is 5.02 Å². The molecule has 0 spiro atoms. The number of rotatable bonds is 5. The van der Waals surface area contributed by atoms with Crippen LogP contribution in [0.1, 0.15) is 17.4 Å². The normalized spacial score (nSPS) is 11.0. The van der Waals surface area contributed by atoms with Crippen LogP contribution in [-0.2, 0) is 6.54 Å². The van der Waals surface area contributed by atoms with Gasteiger partial charge >= 0.3 is 0 Å². The van der Waals surface area contributed by atoms with Crippen molar-refractivity contribution in [3.05, 3.63) is 68.0 Å². The van der Waals surface area contributed by atoms with E-state index < -0.39 is 10.8 Å². The second-order valence-electron chi connectivity index (χ2n) is 6.19. The first kappa shape index (κ1) is 20.0. The highest BCUT2D eigenvalue weighted by Crippen LogP contribution is 2.28. The van der Waals surface area contributed by atoms with Gasteiger partial charge in [-0.15, -0.1) is 0 Å². The molecule has 4 aromatic rings. The number of hydrogen-bond acceptors (Lipinski definition) is 6. The summed E-state index contributed by atoms with van der Waals surface area (Å²) in [5, 5.41) is 22.6. The third kappa shape index (κ3) is 3.64. The van der Waals surface area contributed by atoms with E-state index in [0.717, 1.165) is 4.47 Å². The van der Waals surface area contributed by atoms with Crippen molar-refractivity contribution in [3.63, 3.8) is 0 Å². The maximum atomic E-state index is 12.7. The van der Waals surface area contributed by atoms with Gasteiger partial charge in [0, 0.05) is 37.1 Å². The first-order valence-electron chi connectivity index (χ1n) is 8.70. The summed E-state index contributed by atoms with van der Waals surface area (Å²) in [6, 6.07) is 7.04. The minimum absolute atomic E-state index is 0.0727. The Morgan fingerprint density at radius 2 is 2.10 bits per heavy atom. The minimum atomic E-state index is -0.577. The number of fused-ring (bicyclic) bond motifs is 1. The van der Waals surface area contributed by atoms with E-state index in [-0.39, 0.29) is 22.1 Å². The summed E-state index contributed by atoms with van der Waals surface area (Å²) in [4.78, 5) is 27.4. The predicted molar refractivity (Wildman–Crippen MR) is 114 cm³/mol. The number of nitrogens with zero attached hydrogens (tertiary/aromatic N) is 6. The Balaban J connectivity index is 1.71. The van der Waals surface area contributed by atoms with Crippen molar-refractivity contribution in [1.29, 1.82) is 0 Å². The molecule has 0 aliphatic heterocycles. The van der Waals surface area contributed by atoms with Gasteiger partial charge in [-0.2, -0.15) is 10.2 Å². The number of halogens is 2. The number of carbonyl (C=O) groups is 1.